The number of hydrogen-bond acceptors (Lipinski definition) is 7. The van der Waals surface area contributed by atoms with E-state index in [9.17, 15) is 9.90 Å². The number of carbonyl (C=O) groups is 1. The van der Waals surface area contributed by atoms with Crippen molar-refractivity contribution < 1.29 is 19.2 Å². The lowest BCUT2D eigenvalue weighted by Gasteiger charge is -2.03. The summed E-state index contributed by atoms with van der Waals surface area (Å²) in [7, 11) is 0. The van der Waals surface area contributed by atoms with Crippen molar-refractivity contribution in [2.24, 2.45) is 0 Å². The number of phenols is 1. The Bertz CT molecular complexity index is 817. The van der Waals surface area contributed by atoms with Crippen molar-refractivity contribution in [2.45, 2.75) is 12.8 Å². The number of phenolic OH excluding ortho intramolecular Hbond substituents is 1. The first-order valence-electron chi connectivity index (χ1n) is 7.41. The maximum Gasteiger partial charge on any atom is 0.338 e. The standard InChI is InChI=1S/C17H15N3O4/c21-14-6-1-4-12(10-14)17(22)23-9-3-7-15-19-16(20-24-15)13-5-2-8-18-11-13/h1-2,4-6,8,10-11,21H,3,7,9H2. The van der Waals surface area contributed by atoms with E-state index in [0.29, 0.717) is 30.1 Å². The third kappa shape index (κ3) is 3.95. The molecule has 7 heteroatoms. The summed E-state index contributed by atoms with van der Waals surface area (Å²) in [4.78, 5) is 20.1. The van der Waals surface area contributed by atoms with E-state index in [0.717, 1.165) is 5.56 Å². The Morgan fingerprint density at radius 3 is 2.96 bits per heavy atom. The third-order valence-electron chi connectivity index (χ3n) is 3.24. The molecule has 3 rings (SSSR count). The molecule has 0 radical (unpaired) electrons. The lowest BCUT2D eigenvalue weighted by atomic mass is 10.2. The molecule has 0 unspecified atom stereocenters. The number of ether oxygens (including phenoxy) is 1. The van der Waals surface area contributed by atoms with Gasteiger partial charge >= 0.3 is 5.97 Å². The van der Waals surface area contributed by atoms with Gasteiger partial charge < -0.3 is 14.4 Å². The van der Waals surface area contributed by atoms with Crippen LogP contribution in [0.3, 0.4) is 0 Å². The summed E-state index contributed by atoms with van der Waals surface area (Å²) in [5.74, 6) is 0.503. The lowest BCUT2D eigenvalue weighted by Crippen LogP contribution is -2.07. The van der Waals surface area contributed by atoms with E-state index in [-0.39, 0.29) is 12.4 Å². The summed E-state index contributed by atoms with van der Waals surface area (Å²) in [6, 6.07) is 9.67. The molecule has 0 aliphatic heterocycles. The molecule has 0 atom stereocenters. The van der Waals surface area contributed by atoms with Gasteiger partial charge in [-0.2, -0.15) is 4.98 Å². The molecular weight excluding hydrogens is 310 g/mol. The van der Waals surface area contributed by atoms with Crippen LogP contribution in [-0.4, -0.2) is 32.8 Å². The number of rotatable bonds is 6. The normalized spacial score (nSPS) is 10.5. The molecule has 24 heavy (non-hydrogen) atoms. The minimum atomic E-state index is -0.479. The highest BCUT2D eigenvalue weighted by Gasteiger charge is 2.10. The van der Waals surface area contributed by atoms with Crippen molar-refractivity contribution >= 4 is 5.97 Å². The van der Waals surface area contributed by atoms with Crippen molar-refractivity contribution in [2.75, 3.05) is 6.61 Å². The van der Waals surface area contributed by atoms with E-state index in [4.69, 9.17) is 9.26 Å². The van der Waals surface area contributed by atoms with Gasteiger partial charge in [0.25, 0.3) is 0 Å². The number of nitrogens with zero attached hydrogens (tertiary/aromatic N) is 3. The molecule has 2 aromatic heterocycles. The summed E-state index contributed by atoms with van der Waals surface area (Å²) >= 11 is 0. The second-order valence-electron chi connectivity index (χ2n) is 5.04. The van der Waals surface area contributed by atoms with Gasteiger partial charge in [0, 0.05) is 24.4 Å². The van der Waals surface area contributed by atoms with Gasteiger partial charge in [0.15, 0.2) is 0 Å². The number of pyridine rings is 1. The molecule has 1 N–H and O–H groups in total. The molecule has 0 saturated carbocycles. The van der Waals surface area contributed by atoms with E-state index < -0.39 is 5.97 Å². The number of benzene rings is 1. The van der Waals surface area contributed by atoms with Crippen LogP contribution >= 0.6 is 0 Å². The van der Waals surface area contributed by atoms with Crippen molar-refractivity contribution in [3.8, 4) is 17.1 Å². The van der Waals surface area contributed by atoms with E-state index in [1.54, 1.807) is 30.6 Å². The van der Waals surface area contributed by atoms with Crippen LogP contribution in [0.1, 0.15) is 22.7 Å². The number of aryl methyl sites for hydroxylation is 1. The fourth-order valence-corrected chi connectivity index (χ4v) is 2.07. The predicted molar refractivity (Wildman–Crippen MR) is 84.2 cm³/mol. The smallest absolute Gasteiger partial charge is 0.338 e. The van der Waals surface area contributed by atoms with Crippen molar-refractivity contribution in [3.63, 3.8) is 0 Å². The Kier molecular flexibility index (Phi) is 4.81. The highest BCUT2D eigenvalue weighted by atomic mass is 16.5. The number of esters is 1. The van der Waals surface area contributed by atoms with Gasteiger partial charge in [-0.25, -0.2) is 4.79 Å². The topological polar surface area (TPSA) is 98.3 Å². The van der Waals surface area contributed by atoms with Crippen molar-refractivity contribution in [1.82, 2.24) is 15.1 Å². The number of aromatic hydroxyl groups is 1. The first-order chi connectivity index (χ1) is 11.7. The van der Waals surface area contributed by atoms with Crippen LogP contribution in [0.2, 0.25) is 0 Å². The van der Waals surface area contributed by atoms with Crippen LogP contribution < -0.4 is 0 Å². The van der Waals surface area contributed by atoms with Crippen molar-refractivity contribution in [1.29, 1.82) is 0 Å². The molecule has 0 amide bonds. The average Bonchev–Trinajstić information content (AvgIpc) is 3.08. The molecule has 0 fully saturated rings. The fraction of sp³-hybridized carbons (Fsp3) is 0.176. The van der Waals surface area contributed by atoms with Gasteiger partial charge in [-0.1, -0.05) is 11.2 Å². The number of aromatic nitrogens is 3. The zero-order valence-corrected chi connectivity index (χ0v) is 12.8. The minimum absolute atomic E-state index is 0.0261. The van der Waals surface area contributed by atoms with Crippen molar-refractivity contribution in [3.05, 3.63) is 60.2 Å². The van der Waals surface area contributed by atoms with Crippen LogP contribution in [0.15, 0.2) is 53.3 Å². The first kappa shape index (κ1) is 15.7. The third-order valence-corrected chi connectivity index (χ3v) is 3.24. The van der Waals surface area contributed by atoms with Gasteiger partial charge in [-0.3, -0.25) is 4.98 Å². The Morgan fingerprint density at radius 1 is 1.25 bits per heavy atom. The second kappa shape index (κ2) is 7.36. The predicted octanol–water partition coefficient (Wildman–Crippen LogP) is 2.63. The Labute approximate surface area is 137 Å². The van der Waals surface area contributed by atoms with Gasteiger partial charge in [0.2, 0.25) is 11.7 Å². The van der Waals surface area contributed by atoms with Gasteiger partial charge in [0.1, 0.15) is 5.75 Å². The van der Waals surface area contributed by atoms with Crippen LogP contribution in [0.5, 0.6) is 5.75 Å². The Hall–Kier alpha value is -3.22. The minimum Gasteiger partial charge on any atom is -0.508 e. The summed E-state index contributed by atoms with van der Waals surface area (Å²) in [6.45, 7) is 0.221. The molecule has 2 heterocycles. The van der Waals surface area contributed by atoms with Crippen LogP contribution in [-0.2, 0) is 11.2 Å². The largest absolute Gasteiger partial charge is 0.508 e. The second-order valence-corrected chi connectivity index (χ2v) is 5.04. The van der Waals surface area contributed by atoms with Gasteiger partial charge in [0.05, 0.1) is 12.2 Å². The highest BCUT2D eigenvalue weighted by molar-refractivity contribution is 5.89. The molecule has 0 spiro atoms. The first-order valence-corrected chi connectivity index (χ1v) is 7.41. The van der Waals surface area contributed by atoms with E-state index in [1.165, 1.54) is 12.1 Å². The molecular formula is C17H15N3O4. The molecule has 3 aromatic rings. The summed E-state index contributed by atoms with van der Waals surface area (Å²) < 4.78 is 10.3. The highest BCUT2D eigenvalue weighted by Crippen LogP contribution is 2.15. The van der Waals surface area contributed by atoms with E-state index in [1.807, 2.05) is 6.07 Å². The van der Waals surface area contributed by atoms with Crippen LogP contribution in [0.25, 0.3) is 11.4 Å². The summed E-state index contributed by atoms with van der Waals surface area (Å²) in [5.41, 5.74) is 1.09. The molecule has 122 valence electrons. The molecule has 1 aromatic carbocycles. The van der Waals surface area contributed by atoms with Gasteiger partial charge in [-0.05, 0) is 36.8 Å². The molecule has 7 nitrogen and oxygen atoms in total. The Balaban J connectivity index is 1.47. The lowest BCUT2D eigenvalue weighted by molar-refractivity contribution is 0.0498. The van der Waals surface area contributed by atoms with Crippen LogP contribution in [0, 0.1) is 0 Å². The maximum atomic E-state index is 11.8. The van der Waals surface area contributed by atoms with E-state index >= 15 is 0 Å². The fourth-order valence-electron chi connectivity index (χ4n) is 2.07. The summed E-state index contributed by atoms with van der Waals surface area (Å²) in [6.07, 6.45) is 4.39. The molecule has 0 aliphatic rings. The van der Waals surface area contributed by atoms with Crippen LogP contribution in [0.4, 0.5) is 0 Å². The molecule has 0 aliphatic carbocycles. The average molecular weight is 325 g/mol. The number of hydrogen-bond donors (Lipinski definition) is 1. The van der Waals surface area contributed by atoms with E-state index in [2.05, 4.69) is 15.1 Å². The molecule has 0 bridgehead atoms. The quantitative estimate of drug-likeness (QED) is 0.549. The number of carbonyl (C=O) groups excluding carboxylic acids is 1. The summed E-state index contributed by atoms with van der Waals surface area (Å²) in [5, 5.41) is 13.2. The zero-order valence-electron chi connectivity index (χ0n) is 12.8. The van der Waals surface area contributed by atoms with Gasteiger partial charge in [-0.15, -0.1) is 0 Å². The monoisotopic (exact) mass is 325 g/mol. The maximum absolute atomic E-state index is 11.8. The molecule has 0 saturated heterocycles. The Morgan fingerprint density at radius 2 is 2.17 bits per heavy atom. The zero-order chi connectivity index (χ0) is 16.8. The SMILES string of the molecule is O=C(OCCCc1nc(-c2cccnc2)no1)c1cccc(O)c1.